The van der Waals surface area contributed by atoms with Crippen molar-refractivity contribution in [3.63, 3.8) is 0 Å². The minimum absolute atomic E-state index is 0.125. The number of carbonyl (C=O) groups is 2. The SMILES string of the molecule is COC(=O)c1cc(C(=O)Nc2cccc(Cl)c2C)c(=O)[nH]c1C. The molecule has 0 radical (unpaired) electrons. The van der Waals surface area contributed by atoms with Crippen LogP contribution in [-0.2, 0) is 4.74 Å². The molecule has 0 bridgehead atoms. The molecule has 2 N–H and O–H groups in total. The first kappa shape index (κ1) is 16.8. The van der Waals surface area contributed by atoms with Crippen LogP contribution in [0.5, 0.6) is 0 Å². The van der Waals surface area contributed by atoms with Crippen LogP contribution in [0.1, 0.15) is 32.0 Å². The highest BCUT2D eigenvalue weighted by Crippen LogP contribution is 2.23. The van der Waals surface area contributed by atoms with E-state index in [1.165, 1.54) is 13.2 Å². The fraction of sp³-hybridized carbons (Fsp3) is 0.188. The van der Waals surface area contributed by atoms with Crippen molar-refractivity contribution in [3.05, 3.63) is 62.0 Å². The first-order valence-corrected chi connectivity index (χ1v) is 7.11. The van der Waals surface area contributed by atoms with Gasteiger partial charge >= 0.3 is 5.97 Å². The third kappa shape index (κ3) is 3.43. The van der Waals surface area contributed by atoms with Crippen molar-refractivity contribution in [3.8, 4) is 0 Å². The Hall–Kier alpha value is -2.60. The second-order valence-electron chi connectivity index (χ2n) is 4.91. The van der Waals surface area contributed by atoms with Gasteiger partial charge in [-0.15, -0.1) is 0 Å². The summed E-state index contributed by atoms with van der Waals surface area (Å²) in [6.45, 7) is 3.30. The van der Waals surface area contributed by atoms with Gasteiger partial charge in [0.15, 0.2) is 0 Å². The Morgan fingerprint density at radius 3 is 2.57 bits per heavy atom. The molecule has 1 amide bonds. The molecule has 1 aromatic heterocycles. The van der Waals surface area contributed by atoms with Crippen molar-refractivity contribution in [1.29, 1.82) is 0 Å². The maximum absolute atomic E-state index is 12.3. The quantitative estimate of drug-likeness (QED) is 0.845. The van der Waals surface area contributed by atoms with Crippen LogP contribution in [-0.4, -0.2) is 24.0 Å². The van der Waals surface area contributed by atoms with Crippen molar-refractivity contribution in [1.82, 2.24) is 4.98 Å². The predicted molar refractivity (Wildman–Crippen MR) is 87.3 cm³/mol. The van der Waals surface area contributed by atoms with E-state index in [-0.39, 0.29) is 11.1 Å². The summed E-state index contributed by atoms with van der Waals surface area (Å²) in [5.41, 5.74) is 0.849. The van der Waals surface area contributed by atoms with Crippen molar-refractivity contribution >= 4 is 29.2 Å². The van der Waals surface area contributed by atoms with Gasteiger partial charge in [-0.1, -0.05) is 17.7 Å². The Balaban J connectivity index is 2.41. The number of pyridine rings is 1. The fourth-order valence-electron chi connectivity index (χ4n) is 2.05. The minimum Gasteiger partial charge on any atom is -0.465 e. The molecule has 6 nitrogen and oxygen atoms in total. The van der Waals surface area contributed by atoms with E-state index in [0.29, 0.717) is 22.0 Å². The van der Waals surface area contributed by atoms with Crippen molar-refractivity contribution in [2.24, 2.45) is 0 Å². The van der Waals surface area contributed by atoms with Gasteiger partial charge in [0.25, 0.3) is 11.5 Å². The number of hydrogen-bond donors (Lipinski definition) is 2. The molecule has 0 aliphatic carbocycles. The van der Waals surface area contributed by atoms with E-state index < -0.39 is 17.4 Å². The molecule has 1 aromatic carbocycles. The highest BCUT2D eigenvalue weighted by atomic mass is 35.5. The molecular formula is C16H15ClN2O4. The van der Waals surface area contributed by atoms with Crippen LogP contribution >= 0.6 is 11.6 Å². The monoisotopic (exact) mass is 334 g/mol. The molecule has 0 aliphatic rings. The van der Waals surface area contributed by atoms with Crippen LogP contribution in [0.2, 0.25) is 5.02 Å². The Morgan fingerprint density at radius 1 is 1.22 bits per heavy atom. The van der Waals surface area contributed by atoms with Crippen LogP contribution in [0.3, 0.4) is 0 Å². The molecule has 0 unspecified atom stereocenters. The number of aryl methyl sites for hydroxylation is 1. The molecule has 2 aromatic rings. The van der Waals surface area contributed by atoms with Crippen LogP contribution in [0.25, 0.3) is 0 Å². The summed E-state index contributed by atoms with van der Waals surface area (Å²) in [6.07, 6.45) is 0. The van der Waals surface area contributed by atoms with E-state index in [4.69, 9.17) is 11.6 Å². The molecule has 0 fully saturated rings. The molecule has 0 spiro atoms. The first-order valence-electron chi connectivity index (χ1n) is 6.74. The van der Waals surface area contributed by atoms with E-state index in [1.807, 2.05) is 0 Å². The van der Waals surface area contributed by atoms with E-state index in [2.05, 4.69) is 15.0 Å². The number of nitrogens with one attached hydrogen (secondary N) is 2. The normalized spacial score (nSPS) is 10.3. The van der Waals surface area contributed by atoms with Crippen molar-refractivity contribution < 1.29 is 14.3 Å². The molecular weight excluding hydrogens is 320 g/mol. The van der Waals surface area contributed by atoms with Gasteiger partial charge in [0.2, 0.25) is 0 Å². The van der Waals surface area contributed by atoms with Crippen molar-refractivity contribution in [2.45, 2.75) is 13.8 Å². The second kappa shape index (κ2) is 6.66. The number of ether oxygens (including phenoxy) is 1. The first-order chi connectivity index (χ1) is 10.8. The molecule has 0 atom stereocenters. The van der Waals surface area contributed by atoms with Crippen LogP contribution in [0.15, 0.2) is 29.1 Å². The Kier molecular flexibility index (Phi) is 4.86. The van der Waals surface area contributed by atoms with Gasteiger partial charge in [-0.25, -0.2) is 4.79 Å². The minimum atomic E-state index is -0.637. The van der Waals surface area contributed by atoms with E-state index in [0.717, 1.165) is 0 Å². The maximum atomic E-state index is 12.3. The molecule has 0 aliphatic heterocycles. The van der Waals surface area contributed by atoms with Crippen LogP contribution in [0.4, 0.5) is 5.69 Å². The molecule has 1 heterocycles. The zero-order valence-electron chi connectivity index (χ0n) is 12.8. The molecule has 0 saturated carbocycles. The lowest BCUT2D eigenvalue weighted by Crippen LogP contribution is -2.25. The number of hydrogen-bond acceptors (Lipinski definition) is 4. The van der Waals surface area contributed by atoms with Crippen molar-refractivity contribution in [2.75, 3.05) is 12.4 Å². The number of halogens is 1. The average Bonchev–Trinajstić information content (AvgIpc) is 2.51. The predicted octanol–water partition coefficient (Wildman–Crippen LogP) is 2.68. The molecule has 23 heavy (non-hydrogen) atoms. The second-order valence-corrected chi connectivity index (χ2v) is 5.32. The smallest absolute Gasteiger partial charge is 0.339 e. The number of anilines is 1. The fourth-order valence-corrected chi connectivity index (χ4v) is 2.22. The zero-order chi connectivity index (χ0) is 17.1. The summed E-state index contributed by atoms with van der Waals surface area (Å²) >= 11 is 6.00. The highest BCUT2D eigenvalue weighted by molar-refractivity contribution is 6.31. The molecule has 2 rings (SSSR count). The zero-order valence-corrected chi connectivity index (χ0v) is 13.6. The Bertz CT molecular complexity index is 842. The average molecular weight is 335 g/mol. The maximum Gasteiger partial charge on any atom is 0.339 e. The highest BCUT2D eigenvalue weighted by Gasteiger charge is 2.18. The van der Waals surface area contributed by atoms with Gasteiger partial charge in [-0.2, -0.15) is 0 Å². The topological polar surface area (TPSA) is 88.3 Å². The number of H-pyrrole nitrogens is 1. The summed E-state index contributed by atoms with van der Waals surface area (Å²) in [5, 5.41) is 3.11. The number of carbonyl (C=O) groups excluding carboxylic acids is 2. The molecule has 120 valence electrons. The summed E-state index contributed by atoms with van der Waals surface area (Å²) in [6, 6.07) is 6.27. The van der Waals surface area contributed by atoms with E-state index >= 15 is 0 Å². The van der Waals surface area contributed by atoms with Gasteiger partial charge in [0.1, 0.15) is 5.56 Å². The lowest BCUT2D eigenvalue weighted by molar-refractivity contribution is 0.0599. The lowest BCUT2D eigenvalue weighted by Gasteiger charge is -2.10. The number of benzene rings is 1. The van der Waals surface area contributed by atoms with Gasteiger partial charge in [0, 0.05) is 16.4 Å². The van der Waals surface area contributed by atoms with Crippen LogP contribution < -0.4 is 10.9 Å². The Labute approximate surface area is 137 Å². The number of esters is 1. The van der Waals surface area contributed by atoms with Gasteiger partial charge in [0.05, 0.1) is 12.7 Å². The summed E-state index contributed by atoms with van der Waals surface area (Å²) in [7, 11) is 1.22. The largest absolute Gasteiger partial charge is 0.465 e. The number of aromatic amines is 1. The molecule has 7 heteroatoms. The summed E-state index contributed by atoms with van der Waals surface area (Å²) in [4.78, 5) is 38.5. The number of amides is 1. The number of methoxy groups -OCH3 is 1. The standard InChI is InChI=1S/C16H15ClN2O4/c1-8-12(17)5-4-6-13(8)19-15(21)11-7-10(16(22)23-3)9(2)18-14(11)20/h4-7H,1-3H3,(H,18,20)(H,19,21). The third-order valence-corrected chi connectivity index (χ3v) is 3.81. The molecule has 0 saturated heterocycles. The number of rotatable bonds is 3. The lowest BCUT2D eigenvalue weighted by atomic mass is 10.1. The van der Waals surface area contributed by atoms with Gasteiger partial charge in [-0.3, -0.25) is 9.59 Å². The van der Waals surface area contributed by atoms with E-state index in [1.54, 1.807) is 32.0 Å². The van der Waals surface area contributed by atoms with Crippen LogP contribution in [0, 0.1) is 13.8 Å². The Morgan fingerprint density at radius 2 is 1.91 bits per heavy atom. The number of aromatic nitrogens is 1. The summed E-state index contributed by atoms with van der Waals surface area (Å²) in [5.74, 6) is -1.27. The van der Waals surface area contributed by atoms with Gasteiger partial charge in [-0.05, 0) is 37.6 Å². The third-order valence-electron chi connectivity index (χ3n) is 3.40. The summed E-state index contributed by atoms with van der Waals surface area (Å²) < 4.78 is 4.63. The van der Waals surface area contributed by atoms with E-state index in [9.17, 15) is 14.4 Å². The van der Waals surface area contributed by atoms with Gasteiger partial charge < -0.3 is 15.0 Å².